The van der Waals surface area contributed by atoms with Gasteiger partial charge in [-0.05, 0) is 37.6 Å². The monoisotopic (exact) mass is 237 g/mol. The largest absolute Gasteiger partial charge is 0.496 e. The second-order valence-corrected chi connectivity index (χ2v) is 3.72. The molecule has 0 radical (unpaired) electrons. The predicted octanol–water partition coefficient (Wildman–Crippen LogP) is 1.21. The molecular formula is C12H15NO4. The first-order valence-electron chi connectivity index (χ1n) is 5.14. The molecule has 0 saturated heterocycles. The lowest BCUT2D eigenvalue weighted by molar-refractivity contribution is -0.138. The van der Waals surface area contributed by atoms with Gasteiger partial charge in [-0.3, -0.25) is 9.59 Å². The van der Waals surface area contributed by atoms with Gasteiger partial charge in [0.05, 0.1) is 7.11 Å². The van der Waals surface area contributed by atoms with Crippen LogP contribution in [0.3, 0.4) is 0 Å². The van der Waals surface area contributed by atoms with Crippen molar-refractivity contribution in [2.75, 3.05) is 7.11 Å². The fraction of sp³-hybridized carbons (Fsp3) is 0.333. The van der Waals surface area contributed by atoms with Crippen LogP contribution in [0.1, 0.15) is 22.8 Å². The highest BCUT2D eigenvalue weighted by Crippen LogP contribution is 2.18. The third-order valence-electron chi connectivity index (χ3n) is 2.38. The molecule has 0 bridgehead atoms. The van der Waals surface area contributed by atoms with E-state index in [2.05, 4.69) is 5.32 Å². The van der Waals surface area contributed by atoms with E-state index in [1.165, 1.54) is 6.92 Å². The minimum absolute atomic E-state index is 0.411. The van der Waals surface area contributed by atoms with Crippen molar-refractivity contribution in [3.63, 3.8) is 0 Å². The lowest BCUT2D eigenvalue weighted by Crippen LogP contribution is -2.38. The van der Waals surface area contributed by atoms with E-state index >= 15 is 0 Å². The number of methoxy groups -OCH3 is 1. The van der Waals surface area contributed by atoms with Crippen molar-refractivity contribution in [1.29, 1.82) is 0 Å². The highest BCUT2D eigenvalue weighted by molar-refractivity contribution is 5.96. The van der Waals surface area contributed by atoms with Gasteiger partial charge in [0.1, 0.15) is 11.8 Å². The van der Waals surface area contributed by atoms with Gasteiger partial charge in [-0.2, -0.15) is 0 Å². The number of ether oxygens (including phenoxy) is 1. The first-order valence-corrected chi connectivity index (χ1v) is 5.14. The van der Waals surface area contributed by atoms with E-state index < -0.39 is 17.9 Å². The van der Waals surface area contributed by atoms with Crippen molar-refractivity contribution in [3.8, 4) is 5.75 Å². The van der Waals surface area contributed by atoms with E-state index in [0.717, 1.165) is 5.56 Å². The number of carbonyl (C=O) groups excluding carboxylic acids is 1. The molecular weight excluding hydrogens is 222 g/mol. The van der Waals surface area contributed by atoms with Crippen LogP contribution in [-0.4, -0.2) is 30.1 Å². The van der Waals surface area contributed by atoms with E-state index in [1.807, 2.05) is 6.92 Å². The Kier molecular flexibility index (Phi) is 4.09. The average Bonchev–Trinajstić information content (AvgIpc) is 2.28. The molecule has 5 heteroatoms. The van der Waals surface area contributed by atoms with Crippen LogP contribution in [0.15, 0.2) is 18.2 Å². The quantitative estimate of drug-likeness (QED) is 0.825. The number of carbonyl (C=O) groups is 2. The fourth-order valence-corrected chi connectivity index (χ4v) is 1.36. The molecule has 1 aromatic carbocycles. The summed E-state index contributed by atoms with van der Waals surface area (Å²) in [5.74, 6) is -0.790. The van der Waals surface area contributed by atoms with E-state index in [-0.39, 0.29) is 0 Å². The minimum Gasteiger partial charge on any atom is -0.496 e. The number of aliphatic carboxylic acids is 1. The number of hydrogen-bond acceptors (Lipinski definition) is 3. The molecule has 0 unspecified atom stereocenters. The van der Waals surface area contributed by atoms with Crippen LogP contribution >= 0.6 is 0 Å². The summed E-state index contributed by atoms with van der Waals surface area (Å²) in [5, 5.41) is 11.1. The topological polar surface area (TPSA) is 75.6 Å². The predicted molar refractivity (Wildman–Crippen MR) is 62.3 cm³/mol. The Balaban J connectivity index is 2.83. The van der Waals surface area contributed by atoms with Gasteiger partial charge in [0.2, 0.25) is 0 Å². The summed E-state index contributed by atoms with van der Waals surface area (Å²) in [6.07, 6.45) is 0. The number of aryl methyl sites for hydroxylation is 1. The molecule has 0 heterocycles. The van der Waals surface area contributed by atoms with E-state index in [1.54, 1.807) is 25.3 Å². The summed E-state index contributed by atoms with van der Waals surface area (Å²) in [7, 11) is 1.55. The van der Waals surface area contributed by atoms with Crippen molar-refractivity contribution >= 4 is 11.9 Å². The Morgan fingerprint density at radius 2 is 2.06 bits per heavy atom. The number of carboxylic acid groups (broad SMARTS) is 1. The lowest BCUT2D eigenvalue weighted by atomic mass is 10.1. The van der Waals surface area contributed by atoms with Gasteiger partial charge in [-0.25, -0.2) is 0 Å². The molecule has 92 valence electrons. The Morgan fingerprint density at radius 3 is 2.53 bits per heavy atom. The van der Waals surface area contributed by atoms with Crippen molar-refractivity contribution in [2.24, 2.45) is 0 Å². The molecule has 2 N–H and O–H groups in total. The van der Waals surface area contributed by atoms with Crippen LogP contribution in [0, 0.1) is 6.92 Å². The summed E-state index contributed by atoms with van der Waals surface area (Å²) in [5.41, 5.74) is 1.24. The normalized spacial score (nSPS) is 11.7. The van der Waals surface area contributed by atoms with Crippen molar-refractivity contribution in [1.82, 2.24) is 5.32 Å². The van der Waals surface area contributed by atoms with E-state index in [9.17, 15) is 9.59 Å². The highest BCUT2D eigenvalue weighted by atomic mass is 16.5. The molecule has 1 aromatic rings. The number of nitrogens with one attached hydrogen (secondary N) is 1. The molecule has 17 heavy (non-hydrogen) atoms. The summed E-state index contributed by atoms with van der Waals surface area (Å²) >= 11 is 0. The molecule has 0 aliphatic carbocycles. The highest BCUT2D eigenvalue weighted by Gasteiger charge is 2.15. The van der Waals surface area contributed by atoms with Crippen LogP contribution in [-0.2, 0) is 4.79 Å². The number of hydrogen-bond donors (Lipinski definition) is 2. The van der Waals surface area contributed by atoms with Crippen LogP contribution in [0.5, 0.6) is 5.75 Å². The molecule has 0 fully saturated rings. The number of carboxylic acids is 1. The van der Waals surface area contributed by atoms with Gasteiger partial charge in [0.15, 0.2) is 0 Å². The molecule has 1 amide bonds. The second kappa shape index (κ2) is 5.34. The molecule has 0 aromatic heterocycles. The third-order valence-corrected chi connectivity index (χ3v) is 2.38. The third kappa shape index (κ3) is 3.21. The zero-order valence-corrected chi connectivity index (χ0v) is 9.98. The minimum atomic E-state index is -1.07. The lowest BCUT2D eigenvalue weighted by Gasteiger charge is -2.10. The van der Waals surface area contributed by atoms with Crippen molar-refractivity contribution < 1.29 is 19.4 Å². The summed E-state index contributed by atoms with van der Waals surface area (Å²) < 4.78 is 5.07. The SMILES string of the molecule is COc1ccc(C(=O)N[C@@H](C)C(=O)O)cc1C. The summed E-state index contributed by atoms with van der Waals surface area (Å²) in [6.45, 7) is 3.23. The standard InChI is InChI=1S/C12H15NO4/c1-7-6-9(4-5-10(7)17-3)11(14)13-8(2)12(15)16/h4-6,8H,1-3H3,(H,13,14)(H,15,16)/t8-/m0/s1. The van der Waals surface area contributed by atoms with Crippen LogP contribution in [0.2, 0.25) is 0 Å². The Labute approximate surface area is 99.4 Å². The summed E-state index contributed by atoms with van der Waals surface area (Å²) in [6, 6.07) is 4.01. The van der Waals surface area contributed by atoms with Gasteiger partial charge < -0.3 is 15.2 Å². The molecule has 0 aliphatic heterocycles. The van der Waals surface area contributed by atoms with Crippen molar-refractivity contribution in [3.05, 3.63) is 29.3 Å². The zero-order chi connectivity index (χ0) is 13.0. The maximum Gasteiger partial charge on any atom is 0.325 e. The number of rotatable bonds is 4. The van der Waals surface area contributed by atoms with Crippen molar-refractivity contribution in [2.45, 2.75) is 19.9 Å². The fourth-order valence-electron chi connectivity index (χ4n) is 1.36. The molecule has 0 spiro atoms. The molecule has 1 rings (SSSR count). The second-order valence-electron chi connectivity index (χ2n) is 3.72. The summed E-state index contributed by atoms with van der Waals surface area (Å²) in [4.78, 5) is 22.3. The van der Waals surface area contributed by atoms with Gasteiger partial charge in [0, 0.05) is 5.56 Å². The molecule has 5 nitrogen and oxygen atoms in total. The van der Waals surface area contributed by atoms with Gasteiger partial charge >= 0.3 is 5.97 Å². The number of benzene rings is 1. The van der Waals surface area contributed by atoms with Gasteiger partial charge in [-0.1, -0.05) is 0 Å². The molecule has 1 atom stereocenters. The Bertz CT molecular complexity index is 442. The van der Waals surface area contributed by atoms with Crippen LogP contribution < -0.4 is 10.1 Å². The first-order chi connectivity index (χ1) is 7.95. The van der Waals surface area contributed by atoms with Gasteiger partial charge in [-0.15, -0.1) is 0 Å². The molecule has 0 saturated carbocycles. The molecule has 0 aliphatic rings. The Morgan fingerprint density at radius 1 is 1.41 bits per heavy atom. The first kappa shape index (κ1) is 13.0. The maximum atomic E-state index is 11.7. The average molecular weight is 237 g/mol. The van der Waals surface area contributed by atoms with E-state index in [4.69, 9.17) is 9.84 Å². The Hall–Kier alpha value is -2.04. The van der Waals surface area contributed by atoms with E-state index in [0.29, 0.717) is 11.3 Å². The van der Waals surface area contributed by atoms with Gasteiger partial charge in [0.25, 0.3) is 5.91 Å². The maximum absolute atomic E-state index is 11.7. The van der Waals surface area contributed by atoms with Crippen LogP contribution in [0.25, 0.3) is 0 Å². The zero-order valence-electron chi connectivity index (χ0n) is 9.98. The van der Waals surface area contributed by atoms with Crippen LogP contribution in [0.4, 0.5) is 0 Å². The number of amides is 1. The smallest absolute Gasteiger partial charge is 0.325 e.